The molecular formula is C26H42FN5O4. The number of rotatable bonds is 16. The molecule has 202 valence electrons. The number of hydrogen-bond acceptors (Lipinski definition) is 8. The lowest BCUT2D eigenvalue weighted by Gasteiger charge is -2.41. The normalized spacial score (nSPS) is 25.0. The molecule has 0 spiro atoms. The van der Waals surface area contributed by atoms with Crippen LogP contribution in [0.3, 0.4) is 0 Å². The van der Waals surface area contributed by atoms with Crippen LogP contribution in [0.15, 0.2) is 23.7 Å². The zero-order chi connectivity index (χ0) is 26.1. The van der Waals surface area contributed by atoms with Crippen LogP contribution in [0, 0.1) is 17.2 Å². The van der Waals surface area contributed by atoms with Crippen molar-refractivity contribution in [1.82, 2.24) is 21.1 Å². The number of piperidine rings is 1. The number of unbranched alkanes of at least 4 members (excludes halogenated alkanes) is 1. The van der Waals surface area contributed by atoms with Crippen molar-refractivity contribution < 1.29 is 23.8 Å². The Kier molecular flexibility index (Phi) is 10.6. The van der Waals surface area contributed by atoms with Gasteiger partial charge in [0.25, 0.3) is 0 Å². The minimum Gasteiger partial charge on any atom is -0.495 e. The molecular weight excluding hydrogens is 465 g/mol. The van der Waals surface area contributed by atoms with E-state index in [1.54, 1.807) is 13.1 Å². The molecule has 0 aromatic heterocycles. The summed E-state index contributed by atoms with van der Waals surface area (Å²) in [6, 6.07) is -0.565. The van der Waals surface area contributed by atoms with Gasteiger partial charge >= 0.3 is 0 Å². The summed E-state index contributed by atoms with van der Waals surface area (Å²) in [5, 5.41) is 27.0. The highest BCUT2D eigenvalue weighted by Crippen LogP contribution is 2.37. The summed E-state index contributed by atoms with van der Waals surface area (Å²) >= 11 is 0. The van der Waals surface area contributed by atoms with Gasteiger partial charge in [0.15, 0.2) is 5.83 Å². The van der Waals surface area contributed by atoms with Crippen molar-refractivity contribution >= 4 is 18.0 Å². The number of allylic oxidation sites excluding steroid dienone is 3. The summed E-state index contributed by atoms with van der Waals surface area (Å²) in [5.74, 6) is -0.305. The van der Waals surface area contributed by atoms with Crippen LogP contribution in [0.5, 0.6) is 0 Å². The quantitative estimate of drug-likeness (QED) is 0.0939. The molecule has 3 aliphatic rings. The first-order chi connectivity index (χ1) is 17.3. The van der Waals surface area contributed by atoms with Crippen molar-refractivity contribution in [3.63, 3.8) is 0 Å². The number of nitrogens with zero attached hydrogens (tertiary/aromatic N) is 1. The number of hydrazine groups is 1. The van der Waals surface area contributed by atoms with E-state index in [1.807, 2.05) is 11.9 Å². The third-order valence-corrected chi connectivity index (χ3v) is 7.52. The molecule has 5 N–H and O–H groups in total. The summed E-state index contributed by atoms with van der Waals surface area (Å²) in [4.78, 5) is 23.1. The van der Waals surface area contributed by atoms with Gasteiger partial charge in [-0.2, -0.15) is 0 Å². The third-order valence-electron chi connectivity index (χ3n) is 7.52. The number of aliphatic hydroxyl groups is 1. The zero-order valence-electron chi connectivity index (χ0n) is 21.5. The second-order valence-corrected chi connectivity index (χ2v) is 10.2. The van der Waals surface area contributed by atoms with Gasteiger partial charge in [-0.05, 0) is 64.1 Å². The molecule has 1 saturated carbocycles. The molecule has 36 heavy (non-hydrogen) atoms. The molecule has 3 rings (SSSR count). The molecule has 1 aliphatic heterocycles. The number of carbonyl (C=O) groups is 2. The highest BCUT2D eigenvalue weighted by atomic mass is 19.1. The Morgan fingerprint density at radius 1 is 1.36 bits per heavy atom. The molecule has 1 saturated heterocycles. The van der Waals surface area contributed by atoms with E-state index in [1.165, 1.54) is 12.3 Å². The number of amides is 2. The highest BCUT2D eigenvalue weighted by molar-refractivity contribution is 6.00. The zero-order valence-corrected chi connectivity index (χ0v) is 21.5. The minimum atomic E-state index is -1.12. The molecule has 0 aromatic carbocycles. The van der Waals surface area contributed by atoms with Crippen LogP contribution in [0.4, 0.5) is 4.39 Å². The molecule has 0 radical (unpaired) electrons. The molecule has 1 heterocycles. The van der Waals surface area contributed by atoms with E-state index in [0.29, 0.717) is 56.9 Å². The lowest BCUT2D eigenvalue weighted by Crippen LogP contribution is -2.55. The van der Waals surface area contributed by atoms with Crippen molar-refractivity contribution in [2.75, 3.05) is 26.7 Å². The van der Waals surface area contributed by atoms with Crippen LogP contribution in [-0.4, -0.2) is 72.6 Å². The van der Waals surface area contributed by atoms with E-state index in [0.717, 1.165) is 25.7 Å². The molecule has 4 unspecified atom stereocenters. The molecule has 4 atom stereocenters. The molecule has 0 bridgehead atoms. The Bertz CT molecular complexity index is 846. The van der Waals surface area contributed by atoms with Gasteiger partial charge in [-0.3, -0.25) is 20.3 Å². The summed E-state index contributed by atoms with van der Waals surface area (Å²) < 4.78 is 20.1. The van der Waals surface area contributed by atoms with Gasteiger partial charge in [-0.25, -0.2) is 9.40 Å². The fraction of sp³-hybridized carbons (Fsp3) is 0.731. The number of carbonyl (C=O) groups excluding carboxylic acids is 2. The van der Waals surface area contributed by atoms with Gasteiger partial charge < -0.3 is 20.6 Å². The first kappa shape index (κ1) is 28.4. The van der Waals surface area contributed by atoms with Gasteiger partial charge in [-0.15, -0.1) is 0 Å². The molecule has 2 amide bonds. The van der Waals surface area contributed by atoms with E-state index in [4.69, 9.17) is 10.1 Å². The molecule has 2 fully saturated rings. The Morgan fingerprint density at radius 3 is 2.78 bits per heavy atom. The lowest BCUT2D eigenvalue weighted by molar-refractivity contribution is -0.134. The number of ether oxygens (including phenoxy) is 1. The van der Waals surface area contributed by atoms with Crippen LogP contribution >= 0.6 is 0 Å². The highest BCUT2D eigenvalue weighted by Gasteiger charge is 2.39. The third kappa shape index (κ3) is 7.93. The SMILES string of the molecule is CCC(O)(CN(NC)C(C=N)CCCCNC1CCC(=O)NC1=O)C1C=CC(F)=C(OCC2CC2)C1. The van der Waals surface area contributed by atoms with Crippen molar-refractivity contribution in [2.24, 2.45) is 11.8 Å². The predicted octanol–water partition coefficient (Wildman–Crippen LogP) is 2.33. The van der Waals surface area contributed by atoms with Crippen LogP contribution in [-0.2, 0) is 14.3 Å². The molecule has 0 aromatic rings. The maximum atomic E-state index is 14.3. The second-order valence-electron chi connectivity index (χ2n) is 10.2. The van der Waals surface area contributed by atoms with Crippen molar-refractivity contribution in [3.05, 3.63) is 23.7 Å². The maximum absolute atomic E-state index is 14.3. The Balaban J connectivity index is 1.48. The fourth-order valence-electron chi connectivity index (χ4n) is 4.78. The van der Waals surface area contributed by atoms with Gasteiger partial charge in [0.2, 0.25) is 11.8 Å². The summed E-state index contributed by atoms with van der Waals surface area (Å²) in [6.45, 7) is 3.37. The maximum Gasteiger partial charge on any atom is 0.243 e. The van der Waals surface area contributed by atoms with Crippen LogP contribution in [0.25, 0.3) is 0 Å². The monoisotopic (exact) mass is 507 g/mol. The standard InChI is InChI=1S/C26H42FN5O4/c1-3-26(35,19-9-10-21(27)23(14-19)36-16-18-7-8-18)17-32(29-2)20(15-28)6-4-5-13-30-22-11-12-24(33)31-25(22)34/h9-10,15,18-20,22,28-30,35H,3-8,11-14,16-17H2,1-2H3,(H,31,33,34). The van der Waals surface area contributed by atoms with E-state index >= 15 is 0 Å². The second kappa shape index (κ2) is 13.4. The van der Waals surface area contributed by atoms with Crippen molar-refractivity contribution in [2.45, 2.75) is 82.4 Å². The molecule has 10 heteroatoms. The van der Waals surface area contributed by atoms with Crippen LogP contribution < -0.4 is 16.1 Å². The first-order valence-corrected chi connectivity index (χ1v) is 13.2. The topological polar surface area (TPSA) is 127 Å². The smallest absolute Gasteiger partial charge is 0.243 e. The predicted molar refractivity (Wildman–Crippen MR) is 136 cm³/mol. The average Bonchev–Trinajstić information content (AvgIpc) is 3.70. The summed E-state index contributed by atoms with van der Waals surface area (Å²) in [6.07, 6.45) is 10.8. The Labute approximate surface area is 213 Å². The summed E-state index contributed by atoms with van der Waals surface area (Å²) in [5.41, 5.74) is 2.01. The largest absolute Gasteiger partial charge is 0.495 e. The van der Waals surface area contributed by atoms with Gasteiger partial charge in [0.05, 0.1) is 24.3 Å². The van der Waals surface area contributed by atoms with Gasteiger partial charge in [0, 0.05) is 31.5 Å². The van der Waals surface area contributed by atoms with Gasteiger partial charge in [0.1, 0.15) is 5.76 Å². The molecule has 2 aliphatic carbocycles. The first-order valence-electron chi connectivity index (χ1n) is 13.2. The van der Waals surface area contributed by atoms with E-state index in [9.17, 15) is 19.1 Å². The number of halogens is 1. The number of hydrogen-bond donors (Lipinski definition) is 5. The Hall–Kier alpha value is -2.14. The van der Waals surface area contributed by atoms with E-state index in [2.05, 4.69) is 16.1 Å². The van der Waals surface area contributed by atoms with E-state index < -0.39 is 5.60 Å². The Morgan fingerprint density at radius 2 is 2.14 bits per heavy atom. The van der Waals surface area contributed by atoms with Crippen LogP contribution in [0.1, 0.15) is 64.7 Å². The lowest BCUT2D eigenvalue weighted by atomic mass is 9.79. The average molecular weight is 508 g/mol. The van der Waals surface area contributed by atoms with Crippen LogP contribution in [0.2, 0.25) is 0 Å². The van der Waals surface area contributed by atoms with Crippen molar-refractivity contribution in [3.8, 4) is 0 Å². The number of imide groups is 1. The summed E-state index contributed by atoms with van der Waals surface area (Å²) in [7, 11) is 1.78. The minimum absolute atomic E-state index is 0.224. The van der Waals surface area contributed by atoms with Gasteiger partial charge in [-0.1, -0.05) is 19.4 Å². The molecule has 9 nitrogen and oxygen atoms in total. The van der Waals surface area contributed by atoms with E-state index in [-0.39, 0.29) is 42.2 Å². The van der Waals surface area contributed by atoms with Crippen molar-refractivity contribution in [1.29, 1.82) is 5.41 Å². The fourth-order valence-corrected chi connectivity index (χ4v) is 4.78. The number of nitrogens with one attached hydrogen (secondary N) is 4.